The summed E-state index contributed by atoms with van der Waals surface area (Å²) in [6.07, 6.45) is 1.02. The molecule has 0 fully saturated rings. The highest BCUT2D eigenvalue weighted by molar-refractivity contribution is 5.81. The van der Waals surface area contributed by atoms with Gasteiger partial charge in [0.25, 0.3) is 0 Å². The Labute approximate surface area is 113 Å². The number of aromatic amines is 1. The van der Waals surface area contributed by atoms with Gasteiger partial charge in [-0.1, -0.05) is 31.2 Å². The van der Waals surface area contributed by atoms with Crippen LogP contribution >= 0.6 is 0 Å². The van der Waals surface area contributed by atoms with Gasteiger partial charge in [-0.2, -0.15) is 0 Å². The minimum atomic E-state index is 0.970. The number of H-pyrrole nitrogens is 1. The molecule has 2 heteroatoms. The van der Waals surface area contributed by atoms with E-state index in [4.69, 9.17) is 4.98 Å². The Bertz CT molecular complexity index is 699. The number of nitrogens with zero attached hydrogens (tertiary/aromatic N) is 1. The Hall–Kier alpha value is -2.09. The summed E-state index contributed by atoms with van der Waals surface area (Å²) in [5, 5.41) is 0. The van der Waals surface area contributed by atoms with Crippen LogP contribution in [-0.4, -0.2) is 9.97 Å². The first-order chi connectivity index (χ1) is 9.19. The average Bonchev–Trinajstić information content (AvgIpc) is 2.82. The van der Waals surface area contributed by atoms with Crippen molar-refractivity contribution >= 4 is 11.0 Å². The molecule has 0 aliphatic rings. The molecule has 2 aromatic carbocycles. The van der Waals surface area contributed by atoms with Crippen LogP contribution in [0.5, 0.6) is 0 Å². The van der Waals surface area contributed by atoms with E-state index in [2.05, 4.69) is 62.2 Å². The van der Waals surface area contributed by atoms with Gasteiger partial charge in [0, 0.05) is 5.56 Å². The second kappa shape index (κ2) is 4.54. The van der Waals surface area contributed by atoms with Crippen LogP contribution in [0.2, 0.25) is 0 Å². The quantitative estimate of drug-likeness (QED) is 0.717. The van der Waals surface area contributed by atoms with E-state index in [-0.39, 0.29) is 0 Å². The van der Waals surface area contributed by atoms with Crippen molar-refractivity contribution in [3.8, 4) is 11.4 Å². The molecule has 0 aliphatic carbocycles. The first kappa shape index (κ1) is 12.0. The number of benzene rings is 2. The second-order valence-corrected chi connectivity index (χ2v) is 5.05. The van der Waals surface area contributed by atoms with Gasteiger partial charge in [-0.05, 0) is 49.1 Å². The van der Waals surface area contributed by atoms with Gasteiger partial charge in [-0.15, -0.1) is 0 Å². The van der Waals surface area contributed by atoms with Gasteiger partial charge >= 0.3 is 0 Å². The molecule has 0 aliphatic heterocycles. The zero-order valence-electron chi connectivity index (χ0n) is 11.6. The lowest BCUT2D eigenvalue weighted by Gasteiger charge is -2.03. The maximum Gasteiger partial charge on any atom is 0.138 e. The maximum absolute atomic E-state index is 4.74. The molecule has 2 nitrogen and oxygen atoms in total. The van der Waals surface area contributed by atoms with Crippen LogP contribution in [0.1, 0.15) is 23.6 Å². The maximum atomic E-state index is 4.74. The predicted molar refractivity (Wildman–Crippen MR) is 80.4 cm³/mol. The van der Waals surface area contributed by atoms with Gasteiger partial charge in [0.2, 0.25) is 0 Å². The molecule has 1 heterocycles. The Morgan fingerprint density at radius 3 is 2.58 bits per heavy atom. The lowest BCUT2D eigenvalue weighted by Crippen LogP contribution is -1.88. The van der Waals surface area contributed by atoms with Crippen LogP contribution in [0.15, 0.2) is 36.4 Å². The summed E-state index contributed by atoms with van der Waals surface area (Å²) in [5.41, 5.74) is 7.28. The normalized spacial score (nSPS) is 11.1. The van der Waals surface area contributed by atoms with Crippen LogP contribution in [0.4, 0.5) is 0 Å². The van der Waals surface area contributed by atoms with Crippen molar-refractivity contribution in [1.82, 2.24) is 9.97 Å². The molecule has 1 aromatic heterocycles. The number of rotatable bonds is 2. The second-order valence-electron chi connectivity index (χ2n) is 5.05. The third kappa shape index (κ3) is 2.03. The summed E-state index contributed by atoms with van der Waals surface area (Å²) in [6, 6.07) is 12.8. The van der Waals surface area contributed by atoms with E-state index in [9.17, 15) is 0 Å². The highest BCUT2D eigenvalue weighted by atomic mass is 14.9. The molecule has 0 radical (unpaired) electrons. The van der Waals surface area contributed by atoms with Crippen molar-refractivity contribution in [3.05, 3.63) is 53.1 Å². The number of aryl methyl sites for hydroxylation is 3. The van der Waals surface area contributed by atoms with Gasteiger partial charge in [0.05, 0.1) is 11.0 Å². The zero-order chi connectivity index (χ0) is 13.4. The van der Waals surface area contributed by atoms with Gasteiger partial charge in [0.15, 0.2) is 0 Å². The molecular weight excluding hydrogens is 232 g/mol. The van der Waals surface area contributed by atoms with E-state index in [0.717, 1.165) is 23.3 Å². The predicted octanol–water partition coefficient (Wildman–Crippen LogP) is 4.41. The van der Waals surface area contributed by atoms with E-state index in [0.29, 0.717) is 0 Å². The first-order valence-electron chi connectivity index (χ1n) is 6.74. The number of aromatic nitrogens is 2. The van der Waals surface area contributed by atoms with Gasteiger partial charge in [-0.25, -0.2) is 4.98 Å². The van der Waals surface area contributed by atoms with E-state index in [1.807, 2.05) is 0 Å². The smallest absolute Gasteiger partial charge is 0.138 e. The number of hydrogen-bond acceptors (Lipinski definition) is 1. The lowest BCUT2D eigenvalue weighted by atomic mass is 10.1. The van der Waals surface area contributed by atoms with Gasteiger partial charge in [-0.3, -0.25) is 0 Å². The van der Waals surface area contributed by atoms with Crippen molar-refractivity contribution in [3.63, 3.8) is 0 Å². The third-order valence-electron chi connectivity index (χ3n) is 3.75. The number of fused-ring (bicyclic) bond motifs is 1. The topological polar surface area (TPSA) is 28.7 Å². The van der Waals surface area contributed by atoms with Crippen LogP contribution in [0.25, 0.3) is 22.4 Å². The van der Waals surface area contributed by atoms with Crippen LogP contribution < -0.4 is 0 Å². The molecule has 0 atom stereocenters. The summed E-state index contributed by atoms with van der Waals surface area (Å²) in [7, 11) is 0. The molecule has 0 saturated heterocycles. The Kier molecular flexibility index (Phi) is 2.86. The van der Waals surface area contributed by atoms with Crippen LogP contribution in [0.3, 0.4) is 0 Å². The van der Waals surface area contributed by atoms with Crippen LogP contribution in [0, 0.1) is 13.8 Å². The minimum Gasteiger partial charge on any atom is -0.338 e. The Morgan fingerprint density at radius 2 is 1.79 bits per heavy atom. The molecule has 0 amide bonds. The highest BCUT2D eigenvalue weighted by Crippen LogP contribution is 2.25. The van der Waals surface area contributed by atoms with Crippen molar-refractivity contribution in [2.45, 2.75) is 27.2 Å². The molecule has 3 rings (SSSR count). The first-order valence-corrected chi connectivity index (χ1v) is 6.74. The summed E-state index contributed by atoms with van der Waals surface area (Å²) in [4.78, 5) is 8.18. The fourth-order valence-corrected chi connectivity index (χ4v) is 2.46. The summed E-state index contributed by atoms with van der Waals surface area (Å²) in [6.45, 7) is 6.44. The summed E-state index contributed by atoms with van der Waals surface area (Å²) < 4.78 is 0. The van der Waals surface area contributed by atoms with Crippen LogP contribution in [-0.2, 0) is 6.42 Å². The number of imidazole rings is 1. The minimum absolute atomic E-state index is 0.970. The molecular formula is C17H18N2. The highest BCUT2D eigenvalue weighted by Gasteiger charge is 2.09. The number of nitrogens with one attached hydrogen (secondary N) is 1. The zero-order valence-corrected chi connectivity index (χ0v) is 11.6. The van der Waals surface area contributed by atoms with Crippen molar-refractivity contribution < 1.29 is 0 Å². The Balaban J connectivity index is 2.20. The molecule has 0 saturated carbocycles. The molecule has 0 spiro atoms. The average molecular weight is 250 g/mol. The molecule has 19 heavy (non-hydrogen) atoms. The molecule has 0 unspecified atom stereocenters. The third-order valence-corrected chi connectivity index (χ3v) is 3.75. The molecule has 96 valence electrons. The van der Waals surface area contributed by atoms with Crippen molar-refractivity contribution in [2.75, 3.05) is 0 Å². The van der Waals surface area contributed by atoms with E-state index >= 15 is 0 Å². The fraction of sp³-hybridized carbons (Fsp3) is 0.235. The largest absolute Gasteiger partial charge is 0.338 e. The van der Waals surface area contributed by atoms with Crippen molar-refractivity contribution in [1.29, 1.82) is 0 Å². The molecule has 0 bridgehead atoms. The molecule has 1 N–H and O–H groups in total. The van der Waals surface area contributed by atoms with Gasteiger partial charge < -0.3 is 4.98 Å². The van der Waals surface area contributed by atoms with E-state index < -0.39 is 0 Å². The SMILES string of the molecule is CCc1ccccc1-c1nc2cc(C)c(C)cc2[nH]1. The van der Waals surface area contributed by atoms with E-state index in [1.54, 1.807) is 0 Å². The van der Waals surface area contributed by atoms with E-state index in [1.165, 1.54) is 22.3 Å². The Morgan fingerprint density at radius 1 is 1.05 bits per heavy atom. The van der Waals surface area contributed by atoms with Gasteiger partial charge in [0.1, 0.15) is 5.82 Å². The monoisotopic (exact) mass is 250 g/mol. The lowest BCUT2D eigenvalue weighted by molar-refractivity contribution is 1.13. The van der Waals surface area contributed by atoms with Crippen molar-refractivity contribution in [2.24, 2.45) is 0 Å². The summed E-state index contributed by atoms with van der Waals surface area (Å²) >= 11 is 0. The molecule has 3 aromatic rings. The summed E-state index contributed by atoms with van der Waals surface area (Å²) in [5.74, 6) is 0.970. The number of hydrogen-bond donors (Lipinski definition) is 1. The fourth-order valence-electron chi connectivity index (χ4n) is 2.46. The standard InChI is InChI=1S/C17H18N2/c1-4-13-7-5-6-8-14(13)17-18-15-9-11(2)12(3)10-16(15)19-17/h5-10H,4H2,1-3H3,(H,18,19).